The Hall–Kier alpha value is -1.18. The van der Waals surface area contributed by atoms with Gasteiger partial charge in [-0.2, -0.15) is 0 Å². The van der Waals surface area contributed by atoms with Gasteiger partial charge in [0.15, 0.2) is 14.9 Å². The van der Waals surface area contributed by atoms with Gasteiger partial charge in [0.2, 0.25) is 0 Å². The van der Waals surface area contributed by atoms with Gasteiger partial charge < -0.3 is 15.0 Å². The van der Waals surface area contributed by atoms with Crippen LogP contribution in [0.2, 0.25) is 0 Å². The molecule has 2 heterocycles. The summed E-state index contributed by atoms with van der Waals surface area (Å²) >= 11 is 5.65. The van der Waals surface area contributed by atoms with Crippen molar-refractivity contribution in [3.8, 4) is 0 Å². The number of rotatable bonds is 5. The molecule has 3 rings (SSSR count). The molecule has 0 radical (unpaired) electrons. The van der Waals surface area contributed by atoms with E-state index in [0.717, 1.165) is 25.1 Å². The standard InChI is InChI=1S/C19H28N2O3S2/c1-14(2)15-5-7-16(8-6-15)20-19(25)21(12-18-4-3-10-24-18)17-9-11-26(22,23)13-17/h5-8,14,17-18H,3-4,9-13H2,1-2H3,(H,20,25)/t17-,18+/m1/s1. The zero-order chi connectivity index (χ0) is 18.7. The summed E-state index contributed by atoms with van der Waals surface area (Å²) in [6, 6.07) is 8.17. The second-order valence-electron chi connectivity index (χ2n) is 7.55. The fourth-order valence-corrected chi connectivity index (χ4v) is 5.65. The topological polar surface area (TPSA) is 58.6 Å². The third-order valence-electron chi connectivity index (χ3n) is 5.16. The lowest BCUT2D eigenvalue weighted by Gasteiger charge is -2.33. The van der Waals surface area contributed by atoms with E-state index in [0.29, 0.717) is 24.0 Å². The van der Waals surface area contributed by atoms with Crippen molar-refractivity contribution in [3.05, 3.63) is 29.8 Å². The molecule has 0 bridgehead atoms. The molecule has 1 N–H and O–H groups in total. The average molecular weight is 397 g/mol. The van der Waals surface area contributed by atoms with E-state index >= 15 is 0 Å². The summed E-state index contributed by atoms with van der Waals surface area (Å²) in [6.07, 6.45) is 2.81. The van der Waals surface area contributed by atoms with Crippen LogP contribution in [0.1, 0.15) is 44.6 Å². The molecule has 0 amide bonds. The van der Waals surface area contributed by atoms with Crippen LogP contribution in [-0.4, -0.2) is 55.2 Å². The highest BCUT2D eigenvalue weighted by molar-refractivity contribution is 7.91. The number of sulfone groups is 1. The fraction of sp³-hybridized carbons (Fsp3) is 0.632. The Morgan fingerprint density at radius 1 is 1.31 bits per heavy atom. The van der Waals surface area contributed by atoms with Crippen LogP contribution in [0.15, 0.2) is 24.3 Å². The lowest BCUT2D eigenvalue weighted by molar-refractivity contribution is 0.0851. The number of hydrogen-bond donors (Lipinski definition) is 1. The Bertz CT molecular complexity index is 726. The van der Waals surface area contributed by atoms with E-state index < -0.39 is 9.84 Å². The van der Waals surface area contributed by atoms with Crippen molar-refractivity contribution in [2.75, 3.05) is 30.0 Å². The van der Waals surface area contributed by atoms with Gasteiger partial charge in [-0.1, -0.05) is 26.0 Å². The molecule has 2 aliphatic rings. The molecule has 5 nitrogen and oxygen atoms in total. The number of hydrogen-bond acceptors (Lipinski definition) is 4. The van der Waals surface area contributed by atoms with Gasteiger partial charge >= 0.3 is 0 Å². The fourth-order valence-electron chi connectivity index (χ4n) is 3.57. The lowest BCUT2D eigenvalue weighted by atomic mass is 10.0. The molecule has 2 saturated heterocycles. The van der Waals surface area contributed by atoms with Crippen LogP contribution in [0.25, 0.3) is 0 Å². The van der Waals surface area contributed by atoms with Crippen LogP contribution < -0.4 is 5.32 Å². The second kappa shape index (κ2) is 8.23. The van der Waals surface area contributed by atoms with Gasteiger partial charge in [0, 0.05) is 24.9 Å². The maximum absolute atomic E-state index is 11.9. The van der Waals surface area contributed by atoms with Gasteiger partial charge in [-0.25, -0.2) is 8.42 Å². The summed E-state index contributed by atoms with van der Waals surface area (Å²) in [5, 5.41) is 3.88. The Morgan fingerprint density at radius 2 is 2.04 bits per heavy atom. The molecule has 0 saturated carbocycles. The minimum absolute atomic E-state index is 0.0702. The van der Waals surface area contributed by atoms with E-state index in [4.69, 9.17) is 17.0 Å². The van der Waals surface area contributed by atoms with Crippen LogP contribution in [0, 0.1) is 0 Å². The number of benzene rings is 1. The summed E-state index contributed by atoms with van der Waals surface area (Å²) in [5.74, 6) is 0.898. The van der Waals surface area contributed by atoms with E-state index in [1.165, 1.54) is 5.56 Å². The van der Waals surface area contributed by atoms with Gasteiger partial charge in [-0.15, -0.1) is 0 Å². The zero-order valence-electron chi connectivity index (χ0n) is 15.5. The third kappa shape index (κ3) is 4.96. The van der Waals surface area contributed by atoms with Gasteiger partial charge in [-0.3, -0.25) is 0 Å². The molecule has 2 fully saturated rings. The summed E-state index contributed by atoms with van der Waals surface area (Å²) in [7, 11) is -2.97. The Kier molecular flexibility index (Phi) is 6.20. The molecular formula is C19H28N2O3S2. The van der Waals surface area contributed by atoms with Crippen LogP contribution in [-0.2, 0) is 14.6 Å². The third-order valence-corrected chi connectivity index (χ3v) is 7.25. The summed E-state index contributed by atoms with van der Waals surface area (Å²) in [5.41, 5.74) is 2.21. The van der Waals surface area contributed by atoms with E-state index in [1.54, 1.807) is 0 Å². The molecule has 2 atom stereocenters. The zero-order valence-corrected chi connectivity index (χ0v) is 17.1. The van der Waals surface area contributed by atoms with Crippen molar-refractivity contribution >= 4 is 32.9 Å². The van der Waals surface area contributed by atoms with E-state index in [-0.39, 0.29) is 23.7 Å². The maximum atomic E-state index is 11.9. The van der Waals surface area contributed by atoms with Crippen LogP contribution >= 0.6 is 12.2 Å². The van der Waals surface area contributed by atoms with Gasteiger partial charge in [0.05, 0.1) is 17.6 Å². The highest BCUT2D eigenvalue weighted by Crippen LogP contribution is 2.23. The monoisotopic (exact) mass is 396 g/mol. The molecule has 1 aromatic carbocycles. The molecule has 0 aromatic heterocycles. The lowest BCUT2D eigenvalue weighted by Crippen LogP contribution is -2.47. The summed E-state index contributed by atoms with van der Waals surface area (Å²) in [4.78, 5) is 2.03. The van der Waals surface area contributed by atoms with Crippen molar-refractivity contribution in [2.45, 2.75) is 51.2 Å². The number of anilines is 1. The first-order chi connectivity index (χ1) is 12.3. The number of ether oxygens (including phenoxy) is 1. The predicted octanol–water partition coefficient (Wildman–Crippen LogP) is 3.17. The van der Waals surface area contributed by atoms with Crippen LogP contribution in [0.4, 0.5) is 5.69 Å². The van der Waals surface area contributed by atoms with Gasteiger partial charge in [-0.05, 0) is 55.1 Å². The summed E-state index contributed by atoms with van der Waals surface area (Å²) < 4.78 is 29.6. The number of thiocarbonyl (C=S) groups is 1. The Labute approximate surface area is 162 Å². The SMILES string of the molecule is CC(C)c1ccc(NC(=S)N(C[C@@H]2CCCO2)[C@@H]2CCS(=O)(=O)C2)cc1. The molecule has 0 unspecified atom stereocenters. The van der Waals surface area contributed by atoms with Crippen LogP contribution in [0.5, 0.6) is 0 Å². The molecule has 7 heteroatoms. The smallest absolute Gasteiger partial charge is 0.173 e. The second-order valence-corrected chi connectivity index (χ2v) is 10.2. The maximum Gasteiger partial charge on any atom is 0.173 e. The summed E-state index contributed by atoms with van der Waals surface area (Å²) in [6.45, 7) is 5.75. The number of nitrogens with one attached hydrogen (secondary N) is 1. The van der Waals surface area contributed by atoms with Crippen molar-refractivity contribution < 1.29 is 13.2 Å². The molecule has 1 aromatic rings. The number of nitrogens with zero attached hydrogens (tertiary/aromatic N) is 1. The molecule has 2 aliphatic heterocycles. The molecule has 0 aliphatic carbocycles. The average Bonchev–Trinajstić information content (AvgIpc) is 3.22. The Balaban J connectivity index is 1.71. The Morgan fingerprint density at radius 3 is 2.58 bits per heavy atom. The highest BCUT2D eigenvalue weighted by Gasteiger charge is 2.35. The molecular weight excluding hydrogens is 368 g/mol. The van der Waals surface area contributed by atoms with Gasteiger partial charge in [0.1, 0.15) is 0 Å². The quantitative estimate of drug-likeness (QED) is 0.772. The van der Waals surface area contributed by atoms with E-state index in [1.807, 2.05) is 17.0 Å². The molecule has 0 spiro atoms. The molecule has 144 valence electrons. The minimum atomic E-state index is -2.97. The minimum Gasteiger partial charge on any atom is -0.376 e. The normalized spacial score (nSPS) is 24.7. The first kappa shape index (κ1) is 19.6. The first-order valence-electron chi connectivity index (χ1n) is 9.33. The van der Waals surface area contributed by atoms with Crippen LogP contribution in [0.3, 0.4) is 0 Å². The van der Waals surface area contributed by atoms with E-state index in [2.05, 4.69) is 31.3 Å². The highest BCUT2D eigenvalue weighted by atomic mass is 32.2. The largest absolute Gasteiger partial charge is 0.376 e. The first-order valence-corrected chi connectivity index (χ1v) is 11.6. The van der Waals surface area contributed by atoms with Crippen molar-refractivity contribution in [3.63, 3.8) is 0 Å². The van der Waals surface area contributed by atoms with Gasteiger partial charge in [0.25, 0.3) is 0 Å². The van der Waals surface area contributed by atoms with Crippen molar-refractivity contribution in [1.29, 1.82) is 0 Å². The van der Waals surface area contributed by atoms with Crippen molar-refractivity contribution in [2.24, 2.45) is 0 Å². The van der Waals surface area contributed by atoms with Crippen molar-refractivity contribution in [1.82, 2.24) is 4.90 Å². The molecule has 26 heavy (non-hydrogen) atoms. The van der Waals surface area contributed by atoms with E-state index in [9.17, 15) is 8.42 Å². The predicted molar refractivity (Wildman–Crippen MR) is 109 cm³/mol.